The van der Waals surface area contributed by atoms with Crippen LogP contribution in [0.1, 0.15) is 51.8 Å². The first kappa shape index (κ1) is 41.4. The van der Waals surface area contributed by atoms with Crippen molar-refractivity contribution in [2.45, 2.75) is 0 Å². The molecule has 0 aliphatic carbocycles. The summed E-state index contributed by atoms with van der Waals surface area (Å²) < 4.78 is 0. The van der Waals surface area contributed by atoms with Crippen molar-refractivity contribution in [1.29, 1.82) is 0 Å². The fraction of sp³-hybridized carbons (Fsp3) is 0. The molecular weight excluding hydrogens is 536 g/mol. The number of carboxylic acid groups (broad SMARTS) is 5. The van der Waals surface area contributed by atoms with Crippen LogP contribution in [0.2, 0.25) is 0 Å². The number of hydrogen-bond donors (Lipinski definition) is 0. The summed E-state index contributed by atoms with van der Waals surface area (Å²) in [6, 6.07) is 1.53. The van der Waals surface area contributed by atoms with E-state index < -0.39 is 68.4 Å². The molecule has 2 aromatic rings. The first-order valence-corrected chi connectivity index (χ1v) is 6.28. The molecule has 0 bridgehead atoms. The van der Waals surface area contributed by atoms with Crippen molar-refractivity contribution in [2.24, 2.45) is 0 Å². The fourth-order valence-corrected chi connectivity index (χ4v) is 2.44. The number of fused-ring (bicyclic) bond motifs is 1. The third-order valence-electron chi connectivity index (χ3n) is 3.37. The Kier molecular flexibility index (Phi) is 25.5. The van der Waals surface area contributed by atoms with Gasteiger partial charge in [0, 0.05) is 38.6 Å². The molecule has 0 amide bonds. The third-order valence-corrected chi connectivity index (χ3v) is 3.37. The number of carboxylic acids is 5. The maximum atomic E-state index is 11.3. The summed E-state index contributed by atoms with van der Waals surface area (Å²) in [5, 5.41) is 54.2. The molecule has 30 heavy (non-hydrogen) atoms. The first-order chi connectivity index (χ1) is 11.6. The topological polar surface area (TPSA) is 201 Å². The molecule has 0 aliphatic rings. The molecule has 2 aromatic carbocycles. The number of hydrogen-bond acceptors (Lipinski definition) is 10. The van der Waals surface area contributed by atoms with Crippen LogP contribution in [0.4, 0.5) is 0 Å². The van der Waals surface area contributed by atoms with Gasteiger partial charge in [0.05, 0.1) is 29.8 Å². The van der Waals surface area contributed by atoms with E-state index >= 15 is 0 Å². The Morgan fingerprint density at radius 2 is 0.800 bits per heavy atom. The largest absolute Gasteiger partial charge is 1.00 e. The maximum absolute atomic E-state index is 11.3. The van der Waals surface area contributed by atoms with Gasteiger partial charge in [-0.15, -0.1) is 0 Å². The Morgan fingerprint density at radius 3 is 1.10 bits per heavy atom. The minimum Gasteiger partial charge on any atom is -0.545 e. The third kappa shape index (κ3) is 9.60. The van der Waals surface area contributed by atoms with Crippen LogP contribution in [0.15, 0.2) is 18.2 Å². The summed E-state index contributed by atoms with van der Waals surface area (Å²) in [6.45, 7) is 0. The summed E-state index contributed by atoms with van der Waals surface area (Å²) in [5.41, 5.74) is -5.45. The average Bonchev–Trinajstić information content (AvgIpc) is 2.50. The number of carbonyl (C=O) groups excluding carboxylic acids is 5. The van der Waals surface area contributed by atoms with Crippen LogP contribution in [0.3, 0.4) is 0 Å². The van der Waals surface area contributed by atoms with E-state index in [-0.39, 0.29) is 263 Å². The molecule has 0 heterocycles. The zero-order chi connectivity index (χ0) is 19.0. The van der Waals surface area contributed by atoms with Gasteiger partial charge in [0.1, 0.15) is 0 Å². The predicted octanol–water partition coefficient (Wildman–Crippen LogP) is -20.3. The quantitative estimate of drug-likeness (QED) is 0.329. The second-order valence-electron chi connectivity index (χ2n) is 4.69. The van der Waals surface area contributed by atoms with E-state index in [4.69, 9.17) is 0 Å². The second-order valence-corrected chi connectivity index (χ2v) is 4.69. The van der Waals surface area contributed by atoms with Crippen molar-refractivity contribution >= 4 is 40.6 Å². The number of benzene rings is 2. The van der Waals surface area contributed by atoms with Gasteiger partial charge in [-0.05, 0) is 6.07 Å². The van der Waals surface area contributed by atoms with Crippen molar-refractivity contribution < 1.29 is 306 Å². The molecule has 10 nitrogen and oxygen atoms in total. The minimum absolute atomic E-state index is 0. The molecular formula is C15H3K5O10. The number of rotatable bonds is 5. The van der Waals surface area contributed by atoms with Gasteiger partial charge >= 0.3 is 257 Å². The Morgan fingerprint density at radius 1 is 0.467 bits per heavy atom. The smallest absolute Gasteiger partial charge is 0.545 e. The van der Waals surface area contributed by atoms with E-state index in [0.29, 0.717) is 12.1 Å². The SMILES string of the molecule is O=C([O-])c1cc(C(=O)[O-])c2c(C(=O)[O-])ccc(C(=O)[O-])c2c1C(=O)[O-].[K+].[K+].[K+].[K+].[K+]. The first-order valence-electron chi connectivity index (χ1n) is 6.28. The van der Waals surface area contributed by atoms with Crippen molar-refractivity contribution in [1.82, 2.24) is 0 Å². The molecule has 0 aliphatic heterocycles. The standard InChI is InChI=1S/C15H8O10.5K/c16-11(17)4-1-2-5(12(18)19)9-8(4)6(13(20)21)3-7(14(22)23)10(9)15(24)25;;;;;/h1-3H,(H,16,17)(H,18,19)(H,20,21)(H,22,23)(H,24,25);;;;;/q;5*+1/p-5. The Bertz CT molecular complexity index is 1010. The second kappa shape index (κ2) is 18.5. The molecule has 0 fully saturated rings. The monoisotopic (exact) mass is 538 g/mol. The molecule has 0 radical (unpaired) electrons. The van der Waals surface area contributed by atoms with Gasteiger partial charge in [0.2, 0.25) is 0 Å². The van der Waals surface area contributed by atoms with Crippen molar-refractivity contribution in [2.75, 3.05) is 0 Å². The molecule has 0 N–H and O–H groups in total. The molecule has 0 saturated carbocycles. The van der Waals surface area contributed by atoms with E-state index in [1.165, 1.54) is 0 Å². The minimum atomic E-state index is -2.20. The van der Waals surface area contributed by atoms with Crippen LogP contribution in [-0.4, -0.2) is 29.8 Å². The van der Waals surface area contributed by atoms with Gasteiger partial charge in [-0.1, -0.05) is 12.1 Å². The number of aromatic carboxylic acids is 5. The van der Waals surface area contributed by atoms with Crippen LogP contribution in [0, 0.1) is 0 Å². The molecule has 0 unspecified atom stereocenters. The van der Waals surface area contributed by atoms with Crippen molar-refractivity contribution in [3.05, 3.63) is 46.0 Å². The summed E-state index contributed by atoms with van der Waals surface area (Å²) in [4.78, 5) is 56.1. The summed E-state index contributed by atoms with van der Waals surface area (Å²) >= 11 is 0. The summed E-state index contributed by atoms with van der Waals surface area (Å²) in [7, 11) is 0. The van der Waals surface area contributed by atoms with Crippen LogP contribution >= 0.6 is 0 Å². The van der Waals surface area contributed by atoms with E-state index in [2.05, 4.69) is 0 Å². The van der Waals surface area contributed by atoms with E-state index in [0.717, 1.165) is 0 Å². The van der Waals surface area contributed by atoms with Gasteiger partial charge in [0.15, 0.2) is 0 Å². The maximum Gasteiger partial charge on any atom is 1.00 e. The zero-order valence-electron chi connectivity index (χ0n) is 16.8. The Labute approximate surface area is 381 Å². The van der Waals surface area contributed by atoms with Gasteiger partial charge in [-0.25, -0.2) is 0 Å². The molecule has 0 atom stereocenters. The molecule has 15 heteroatoms. The van der Waals surface area contributed by atoms with Gasteiger partial charge in [-0.3, -0.25) is 0 Å². The van der Waals surface area contributed by atoms with E-state index in [1.54, 1.807) is 0 Å². The van der Waals surface area contributed by atoms with Gasteiger partial charge < -0.3 is 49.5 Å². The van der Waals surface area contributed by atoms with E-state index in [9.17, 15) is 49.5 Å². The van der Waals surface area contributed by atoms with Crippen LogP contribution in [-0.2, 0) is 0 Å². The van der Waals surface area contributed by atoms with Crippen molar-refractivity contribution in [3.8, 4) is 0 Å². The van der Waals surface area contributed by atoms with E-state index in [1.807, 2.05) is 0 Å². The van der Waals surface area contributed by atoms with Gasteiger partial charge in [0.25, 0.3) is 0 Å². The van der Waals surface area contributed by atoms with Crippen LogP contribution in [0.5, 0.6) is 0 Å². The fourth-order valence-electron chi connectivity index (χ4n) is 2.44. The normalized spacial score (nSPS) is 8.67. The molecule has 0 spiro atoms. The average molecular weight is 539 g/mol. The zero-order valence-corrected chi connectivity index (χ0v) is 32.4. The Balaban J connectivity index is -0.000000676. The van der Waals surface area contributed by atoms with Crippen LogP contribution in [0.25, 0.3) is 10.8 Å². The predicted molar refractivity (Wildman–Crippen MR) is 65.6 cm³/mol. The molecule has 128 valence electrons. The summed E-state index contributed by atoms with van der Waals surface area (Å²) in [6.07, 6.45) is 0. The molecule has 0 saturated heterocycles. The van der Waals surface area contributed by atoms with Crippen molar-refractivity contribution in [3.63, 3.8) is 0 Å². The molecule has 2 rings (SSSR count). The van der Waals surface area contributed by atoms with Gasteiger partial charge in [-0.2, -0.15) is 0 Å². The number of carbonyl (C=O) groups is 5. The molecule has 0 aromatic heterocycles. The summed E-state index contributed by atoms with van der Waals surface area (Å²) in [5.74, 6) is -10.4. The van der Waals surface area contributed by atoms with Crippen LogP contribution < -0.4 is 282 Å². The Hall–Kier alpha value is 4.23.